The number of fused-ring (bicyclic) bond motifs is 15. The minimum atomic E-state index is -0.0722. The van der Waals surface area contributed by atoms with E-state index in [1.807, 2.05) is 6.07 Å². The molecule has 164 valence electrons. The number of hydrogen-bond donors (Lipinski definition) is 3. The summed E-state index contributed by atoms with van der Waals surface area (Å²) in [5.41, 5.74) is 1.92. The normalized spacial score (nSPS) is 17.5. The third-order valence-corrected chi connectivity index (χ3v) is 5.96. The summed E-state index contributed by atoms with van der Waals surface area (Å²) in [5.74, 6) is 0.449. The van der Waals surface area contributed by atoms with E-state index in [0.29, 0.717) is 5.75 Å². The maximum atomic E-state index is 10.4. The zero-order chi connectivity index (χ0) is 21.2. The Balaban J connectivity index is 1.73. The van der Waals surface area contributed by atoms with Crippen LogP contribution in [0.5, 0.6) is 28.7 Å². The zero-order valence-electron chi connectivity index (χ0n) is 18.0. The van der Waals surface area contributed by atoms with Crippen molar-refractivity contribution in [2.75, 3.05) is 0 Å². The lowest BCUT2D eigenvalue weighted by Gasteiger charge is -2.13. The molecule has 2 aromatic carbocycles. The van der Waals surface area contributed by atoms with E-state index < -0.39 is 0 Å². The number of phenolic OH excluding ortho intramolecular Hbond substituents is 3. The van der Waals surface area contributed by atoms with Gasteiger partial charge in [0.25, 0.3) is 0 Å². The SMILES string of the molecule is Oc1cc2cc(c1)Oc1c(O)cc(cc1O)CCCCCCCCCCCCCC2. The fourth-order valence-electron chi connectivity index (χ4n) is 4.29. The smallest absolute Gasteiger partial charge is 0.210 e. The molecule has 2 heterocycles. The first kappa shape index (κ1) is 22.3. The lowest BCUT2D eigenvalue weighted by molar-refractivity contribution is 0.373. The molecule has 0 atom stereocenters. The van der Waals surface area contributed by atoms with E-state index in [0.717, 1.165) is 36.8 Å². The molecular formula is C26H36O4. The first-order valence-electron chi connectivity index (χ1n) is 11.7. The molecule has 4 heteroatoms. The number of benzene rings is 2. The Labute approximate surface area is 180 Å². The number of hydrogen-bond acceptors (Lipinski definition) is 4. The lowest BCUT2D eigenvalue weighted by atomic mass is 10.0. The predicted octanol–water partition coefficient (Wildman–Crippen LogP) is 7.38. The van der Waals surface area contributed by atoms with Crippen LogP contribution < -0.4 is 4.74 Å². The van der Waals surface area contributed by atoms with Gasteiger partial charge in [0, 0.05) is 6.07 Å². The molecule has 0 amide bonds. The van der Waals surface area contributed by atoms with Crippen molar-refractivity contribution in [3.8, 4) is 28.7 Å². The van der Waals surface area contributed by atoms with Crippen LogP contribution in [-0.4, -0.2) is 15.3 Å². The van der Waals surface area contributed by atoms with Crippen LogP contribution in [0.1, 0.15) is 88.2 Å². The first-order chi connectivity index (χ1) is 14.6. The number of rotatable bonds is 0. The average Bonchev–Trinajstić information content (AvgIpc) is 2.70. The van der Waals surface area contributed by atoms with Gasteiger partial charge in [0.1, 0.15) is 11.5 Å². The summed E-state index contributed by atoms with van der Waals surface area (Å²) in [4.78, 5) is 0. The summed E-state index contributed by atoms with van der Waals surface area (Å²) < 4.78 is 5.77. The Morgan fingerprint density at radius 2 is 0.933 bits per heavy atom. The van der Waals surface area contributed by atoms with Crippen molar-refractivity contribution in [2.24, 2.45) is 0 Å². The van der Waals surface area contributed by atoms with Crippen molar-refractivity contribution < 1.29 is 20.1 Å². The molecule has 4 rings (SSSR count). The van der Waals surface area contributed by atoms with Crippen LogP contribution >= 0.6 is 0 Å². The van der Waals surface area contributed by atoms with E-state index in [2.05, 4.69) is 0 Å². The summed E-state index contributed by atoms with van der Waals surface area (Å²) in [5, 5.41) is 30.9. The van der Waals surface area contributed by atoms with Gasteiger partial charge in [-0.05, 0) is 61.1 Å². The molecule has 0 radical (unpaired) electrons. The summed E-state index contributed by atoms with van der Waals surface area (Å²) in [7, 11) is 0. The molecule has 0 aliphatic carbocycles. The van der Waals surface area contributed by atoms with Crippen LogP contribution in [0.2, 0.25) is 0 Å². The van der Waals surface area contributed by atoms with Gasteiger partial charge >= 0.3 is 0 Å². The number of aryl methyl sites for hydroxylation is 2. The van der Waals surface area contributed by atoms with E-state index in [9.17, 15) is 15.3 Å². The van der Waals surface area contributed by atoms with Crippen molar-refractivity contribution in [1.29, 1.82) is 0 Å². The Bertz CT molecular complexity index is 777. The molecule has 0 unspecified atom stereocenters. The van der Waals surface area contributed by atoms with Gasteiger partial charge in [0.05, 0.1) is 0 Å². The van der Waals surface area contributed by atoms with Crippen molar-refractivity contribution in [2.45, 2.75) is 89.9 Å². The van der Waals surface area contributed by atoms with Crippen molar-refractivity contribution in [3.63, 3.8) is 0 Å². The topological polar surface area (TPSA) is 69.9 Å². The Hall–Kier alpha value is -2.36. The number of aromatic hydroxyl groups is 3. The van der Waals surface area contributed by atoms with Gasteiger partial charge in [-0.1, -0.05) is 64.2 Å². The van der Waals surface area contributed by atoms with Gasteiger partial charge in [-0.2, -0.15) is 0 Å². The molecule has 2 aromatic rings. The maximum absolute atomic E-state index is 10.4. The van der Waals surface area contributed by atoms with E-state index >= 15 is 0 Å². The highest BCUT2D eigenvalue weighted by Crippen LogP contribution is 2.41. The maximum Gasteiger partial charge on any atom is 0.210 e. The molecule has 0 fully saturated rings. The Morgan fingerprint density at radius 3 is 1.43 bits per heavy atom. The second-order valence-electron chi connectivity index (χ2n) is 8.64. The third-order valence-electron chi connectivity index (χ3n) is 5.96. The summed E-state index contributed by atoms with van der Waals surface area (Å²) in [6, 6.07) is 8.48. The van der Waals surface area contributed by atoms with Crippen LogP contribution in [0, 0.1) is 0 Å². The van der Waals surface area contributed by atoms with Crippen LogP contribution in [0.4, 0.5) is 0 Å². The van der Waals surface area contributed by atoms with E-state index in [1.54, 1.807) is 18.2 Å². The molecule has 4 nitrogen and oxygen atoms in total. The van der Waals surface area contributed by atoms with Crippen molar-refractivity contribution in [1.82, 2.24) is 0 Å². The average molecular weight is 413 g/mol. The molecule has 0 saturated carbocycles. The first-order valence-corrected chi connectivity index (χ1v) is 11.7. The second-order valence-corrected chi connectivity index (χ2v) is 8.64. The predicted molar refractivity (Wildman–Crippen MR) is 121 cm³/mol. The largest absolute Gasteiger partial charge is 0.508 e. The minimum absolute atomic E-state index is 0.0393. The Morgan fingerprint density at radius 1 is 0.500 bits per heavy atom. The Kier molecular flexibility index (Phi) is 8.73. The summed E-state index contributed by atoms with van der Waals surface area (Å²) >= 11 is 0. The monoisotopic (exact) mass is 412 g/mol. The molecular weight excluding hydrogens is 376 g/mol. The molecule has 2 aliphatic heterocycles. The van der Waals surface area contributed by atoms with Gasteiger partial charge in [-0.25, -0.2) is 0 Å². The number of ether oxygens (including phenoxy) is 1. The highest BCUT2D eigenvalue weighted by molar-refractivity contribution is 5.54. The highest BCUT2D eigenvalue weighted by Gasteiger charge is 2.14. The van der Waals surface area contributed by atoms with Crippen molar-refractivity contribution in [3.05, 3.63) is 41.5 Å². The molecule has 3 N–H and O–H groups in total. The van der Waals surface area contributed by atoms with E-state index in [-0.39, 0.29) is 23.0 Å². The second kappa shape index (κ2) is 11.7. The molecule has 0 aromatic heterocycles. The highest BCUT2D eigenvalue weighted by atomic mass is 16.5. The van der Waals surface area contributed by atoms with Gasteiger partial charge in [-0.15, -0.1) is 0 Å². The summed E-state index contributed by atoms with van der Waals surface area (Å²) in [6.07, 6.45) is 16.7. The van der Waals surface area contributed by atoms with Gasteiger partial charge in [0.15, 0.2) is 11.5 Å². The standard InChI is InChI=1S/C26H36O4/c27-22-15-20-13-11-9-7-5-3-1-2-4-6-8-10-12-14-21-17-24(28)26(25(29)18-21)30-23(16-20)19-22/h15-19,27-29H,1-14H2. The van der Waals surface area contributed by atoms with Crippen LogP contribution in [0.3, 0.4) is 0 Å². The molecule has 30 heavy (non-hydrogen) atoms. The van der Waals surface area contributed by atoms with E-state index in [1.165, 1.54) is 70.3 Å². The van der Waals surface area contributed by atoms with Gasteiger partial charge in [0.2, 0.25) is 5.75 Å². The molecule has 2 aliphatic rings. The molecule has 0 spiro atoms. The van der Waals surface area contributed by atoms with E-state index in [4.69, 9.17) is 4.74 Å². The van der Waals surface area contributed by atoms with Crippen LogP contribution in [0.15, 0.2) is 30.3 Å². The quantitative estimate of drug-likeness (QED) is 0.422. The molecule has 4 bridgehead atoms. The third kappa shape index (κ3) is 7.16. The molecule has 0 saturated heterocycles. The lowest BCUT2D eigenvalue weighted by Crippen LogP contribution is -1.93. The fourth-order valence-corrected chi connectivity index (χ4v) is 4.29. The minimum Gasteiger partial charge on any atom is -0.508 e. The van der Waals surface area contributed by atoms with Crippen molar-refractivity contribution >= 4 is 0 Å². The zero-order valence-corrected chi connectivity index (χ0v) is 18.0. The van der Waals surface area contributed by atoms with Crippen LogP contribution in [-0.2, 0) is 12.8 Å². The fraction of sp³-hybridized carbons (Fsp3) is 0.538. The number of phenols is 3. The van der Waals surface area contributed by atoms with Gasteiger partial charge < -0.3 is 20.1 Å². The van der Waals surface area contributed by atoms with Crippen LogP contribution in [0.25, 0.3) is 0 Å². The summed E-state index contributed by atoms with van der Waals surface area (Å²) in [6.45, 7) is 0. The van der Waals surface area contributed by atoms with Gasteiger partial charge in [-0.3, -0.25) is 0 Å².